The van der Waals surface area contributed by atoms with Gasteiger partial charge in [-0.3, -0.25) is 9.59 Å². The lowest BCUT2D eigenvalue weighted by Gasteiger charge is -2.13. The maximum Gasteiger partial charge on any atom is 0.291 e. The van der Waals surface area contributed by atoms with Crippen LogP contribution < -0.4 is 10.3 Å². The number of hydrogen-bond donors (Lipinski definition) is 1. The smallest absolute Gasteiger partial charge is 0.291 e. The first-order valence-electron chi connectivity index (χ1n) is 6.45. The number of anilines is 2. The minimum absolute atomic E-state index is 0.0815. The summed E-state index contributed by atoms with van der Waals surface area (Å²) in [4.78, 5) is 23.7. The SMILES string of the molecule is CC1=NN(c2cccc(NC(=O)c3ccco3)c2)C(=O)C1. The molecule has 106 valence electrons. The Morgan fingerprint density at radius 1 is 1.33 bits per heavy atom. The van der Waals surface area contributed by atoms with E-state index < -0.39 is 0 Å². The number of amides is 2. The Balaban J connectivity index is 1.81. The monoisotopic (exact) mass is 283 g/mol. The summed E-state index contributed by atoms with van der Waals surface area (Å²) in [6, 6.07) is 10.2. The Bertz CT molecular complexity index is 720. The van der Waals surface area contributed by atoms with Gasteiger partial charge in [0.1, 0.15) is 0 Å². The zero-order valence-corrected chi connectivity index (χ0v) is 11.4. The van der Waals surface area contributed by atoms with Crippen LogP contribution in [0, 0.1) is 0 Å². The Labute approximate surface area is 121 Å². The molecule has 1 aliphatic heterocycles. The third-order valence-corrected chi connectivity index (χ3v) is 3.01. The minimum atomic E-state index is -0.343. The number of carbonyl (C=O) groups excluding carboxylic acids is 2. The predicted molar refractivity (Wildman–Crippen MR) is 78.3 cm³/mol. The van der Waals surface area contributed by atoms with E-state index in [2.05, 4.69) is 10.4 Å². The molecule has 0 atom stereocenters. The van der Waals surface area contributed by atoms with E-state index in [1.807, 2.05) is 0 Å². The van der Waals surface area contributed by atoms with Gasteiger partial charge in [-0.2, -0.15) is 5.10 Å². The van der Waals surface area contributed by atoms with Crippen LogP contribution in [0.1, 0.15) is 23.9 Å². The highest BCUT2D eigenvalue weighted by Crippen LogP contribution is 2.24. The van der Waals surface area contributed by atoms with Crippen LogP contribution in [-0.2, 0) is 4.79 Å². The summed E-state index contributed by atoms with van der Waals surface area (Å²) < 4.78 is 5.03. The van der Waals surface area contributed by atoms with Gasteiger partial charge in [-0.25, -0.2) is 5.01 Å². The number of hydrogen-bond acceptors (Lipinski definition) is 4. The fourth-order valence-electron chi connectivity index (χ4n) is 2.07. The van der Waals surface area contributed by atoms with Gasteiger partial charge in [-0.1, -0.05) is 6.07 Å². The van der Waals surface area contributed by atoms with E-state index in [-0.39, 0.29) is 17.6 Å². The van der Waals surface area contributed by atoms with Gasteiger partial charge in [0, 0.05) is 11.4 Å². The summed E-state index contributed by atoms with van der Waals surface area (Å²) >= 11 is 0. The molecule has 0 unspecified atom stereocenters. The van der Waals surface area contributed by atoms with E-state index in [1.54, 1.807) is 43.3 Å². The Morgan fingerprint density at radius 2 is 2.19 bits per heavy atom. The molecule has 0 bridgehead atoms. The van der Waals surface area contributed by atoms with Crippen molar-refractivity contribution in [1.82, 2.24) is 0 Å². The number of hydrazone groups is 1. The molecular formula is C15H13N3O3. The van der Waals surface area contributed by atoms with Gasteiger partial charge in [0.2, 0.25) is 0 Å². The molecule has 0 aliphatic carbocycles. The molecule has 21 heavy (non-hydrogen) atoms. The number of nitrogens with one attached hydrogen (secondary N) is 1. The second kappa shape index (κ2) is 5.24. The summed E-state index contributed by atoms with van der Waals surface area (Å²) in [5.74, 6) is -0.196. The van der Waals surface area contributed by atoms with Crippen LogP contribution in [0.25, 0.3) is 0 Å². The number of nitrogens with zero attached hydrogens (tertiary/aromatic N) is 2. The molecule has 6 nitrogen and oxygen atoms in total. The second-order valence-electron chi connectivity index (χ2n) is 4.70. The first kappa shape index (κ1) is 13.1. The molecule has 6 heteroatoms. The van der Waals surface area contributed by atoms with E-state index in [0.29, 0.717) is 17.8 Å². The topological polar surface area (TPSA) is 74.9 Å². The van der Waals surface area contributed by atoms with Gasteiger partial charge >= 0.3 is 0 Å². The molecule has 1 aromatic carbocycles. The van der Waals surface area contributed by atoms with Gasteiger partial charge in [0.05, 0.1) is 18.4 Å². The van der Waals surface area contributed by atoms with E-state index in [1.165, 1.54) is 11.3 Å². The zero-order chi connectivity index (χ0) is 14.8. The summed E-state index contributed by atoms with van der Waals surface area (Å²) in [5, 5.41) is 8.24. The van der Waals surface area contributed by atoms with Crippen LogP contribution in [0.5, 0.6) is 0 Å². The van der Waals surface area contributed by atoms with Crippen molar-refractivity contribution in [2.75, 3.05) is 10.3 Å². The van der Waals surface area contributed by atoms with E-state index in [9.17, 15) is 9.59 Å². The van der Waals surface area contributed by atoms with E-state index in [0.717, 1.165) is 5.71 Å². The largest absolute Gasteiger partial charge is 0.459 e. The van der Waals surface area contributed by atoms with Crippen LogP contribution >= 0.6 is 0 Å². The highest BCUT2D eigenvalue weighted by Gasteiger charge is 2.22. The number of carbonyl (C=O) groups is 2. The van der Waals surface area contributed by atoms with Crippen LogP contribution in [0.3, 0.4) is 0 Å². The van der Waals surface area contributed by atoms with Crippen molar-refractivity contribution in [1.29, 1.82) is 0 Å². The quantitative estimate of drug-likeness (QED) is 0.940. The van der Waals surface area contributed by atoms with Gasteiger partial charge in [-0.05, 0) is 37.3 Å². The van der Waals surface area contributed by atoms with Crippen molar-refractivity contribution in [2.45, 2.75) is 13.3 Å². The molecule has 3 rings (SSSR count). The number of benzene rings is 1. The maximum absolute atomic E-state index is 11.9. The normalized spacial score (nSPS) is 14.2. The van der Waals surface area contributed by atoms with Crippen molar-refractivity contribution in [3.63, 3.8) is 0 Å². The van der Waals surface area contributed by atoms with Gasteiger partial charge < -0.3 is 9.73 Å². The van der Waals surface area contributed by atoms with Crippen molar-refractivity contribution >= 4 is 28.9 Å². The van der Waals surface area contributed by atoms with Crippen molar-refractivity contribution in [3.8, 4) is 0 Å². The molecule has 0 spiro atoms. The molecule has 1 N–H and O–H groups in total. The number of furan rings is 1. The molecule has 2 aromatic rings. The van der Waals surface area contributed by atoms with E-state index in [4.69, 9.17) is 4.42 Å². The maximum atomic E-state index is 11.9. The average Bonchev–Trinajstić information content (AvgIpc) is 3.08. The second-order valence-corrected chi connectivity index (χ2v) is 4.70. The summed E-state index contributed by atoms with van der Waals surface area (Å²) in [6.45, 7) is 1.81. The van der Waals surface area contributed by atoms with E-state index >= 15 is 0 Å². The van der Waals surface area contributed by atoms with Crippen molar-refractivity contribution in [2.24, 2.45) is 5.10 Å². The molecular weight excluding hydrogens is 270 g/mol. The molecule has 0 radical (unpaired) electrons. The Morgan fingerprint density at radius 3 is 2.86 bits per heavy atom. The average molecular weight is 283 g/mol. The van der Waals surface area contributed by atoms with Gasteiger partial charge in [0.15, 0.2) is 5.76 Å². The fraction of sp³-hybridized carbons (Fsp3) is 0.133. The minimum Gasteiger partial charge on any atom is -0.459 e. The summed E-state index contributed by atoms with van der Waals surface area (Å²) in [7, 11) is 0. The lowest BCUT2D eigenvalue weighted by atomic mass is 10.2. The van der Waals surface area contributed by atoms with Crippen LogP contribution in [0.2, 0.25) is 0 Å². The van der Waals surface area contributed by atoms with Gasteiger partial charge in [-0.15, -0.1) is 0 Å². The fourth-order valence-corrected chi connectivity index (χ4v) is 2.07. The molecule has 0 saturated heterocycles. The van der Waals surface area contributed by atoms with Crippen LogP contribution in [0.4, 0.5) is 11.4 Å². The van der Waals surface area contributed by atoms with Crippen molar-refractivity contribution in [3.05, 3.63) is 48.4 Å². The van der Waals surface area contributed by atoms with Gasteiger partial charge in [0.25, 0.3) is 11.8 Å². The molecule has 0 saturated carbocycles. The molecule has 1 aromatic heterocycles. The van der Waals surface area contributed by atoms with Crippen LogP contribution in [-0.4, -0.2) is 17.5 Å². The lowest BCUT2D eigenvalue weighted by Crippen LogP contribution is -2.19. The Kier molecular flexibility index (Phi) is 3.27. The number of rotatable bonds is 3. The molecule has 2 heterocycles. The van der Waals surface area contributed by atoms with Crippen molar-refractivity contribution < 1.29 is 14.0 Å². The Hall–Kier alpha value is -2.89. The third-order valence-electron chi connectivity index (χ3n) is 3.01. The first-order chi connectivity index (χ1) is 10.1. The highest BCUT2D eigenvalue weighted by molar-refractivity contribution is 6.12. The molecule has 0 fully saturated rings. The molecule has 2 amide bonds. The summed E-state index contributed by atoms with van der Waals surface area (Å²) in [6.07, 6.45) is 1.76. The zero-order valence-electron chi connectivity index (χ0n) is 11.4. The lowest BCUT2D eigenvalue weighted by molar-refractivity contribution is -0.116. The molecule has 1 aliphatic rings. The highest BCUT2D eigenvalue weighted by atomic mass is 16.3. The third kappa shape index (κ3) is 2.69. The first-order valence-corrected chi connectivity index (χ1v) is 6.45. The predicted octanol–water partition coefficient (Wildman–Crippen LogP) is 2.64. The standard InChI is InChI=1S/C15H13N3O3/c1-10-8-14(19)18(17-10)12-5-2-4-11(9-12)16-15(20)13-6-3-7-21-13/h2-7,9H,8H2,1H3,(H,16,20). The summed E-state index contributed by atoms with van der Waals surface area (Å²) in [5.41, 5.74) is 1.96. The van der Waals surface area contributed by atoms with Crippen LogP contribution in [0.15, 0.2) is 52.2 Å².